The van der Waals surface area contributed by atoms with Crippen LogP contribution in [0.2, 0.25) is 0 Å². The summed E-state index contributed by atoms with van der Waals surface area (Å²) in [6.45, 7) is 3.25. The van der Waals surface area contributed by atoms with Gasteiger partial charge in [-0.05, 0) is 24.6 Å². The topological polar surface area (TPSA) is 74.2 Å². The summed E-state index contributed by atoms with van der Waals surface area (Å²) in [7, 11) is 0. The van der Waals surface area contributed by atoms with E-state index >= 15 is 0 Å². The van der Waals surface area contributed by atoms with Gasteiger partial charge >= 0.3 is 0 Å². The molecule has 20 heavy (non-hydrogen) atoms. The van der Waals surface area contributed by atoms with Gasteiger partial charge in [-0.15, -0.1) is 0 Å². The highest BCUT2D eigenvalue weighted by atomic mass is 16.5. The van der Waals surface area contributed by atoms with Crippen LogP contribution in [0.4, 0.5) is 0 Å². The second-order valence-electron chi connectivity index (χ2n) is 4.93. The molecule has 0 bridgehead atoms. The van der Waals surface area contributed by atoms with Crippen molar-refractivity contribution in [1.82, 2.24) is 15.1 Å². The molecule has 0 N–H and O–H groups in total. The number of oxazole rings is 1. The number of rotatable bonds is 2. The molecule has 1 aliphatic rings. The Hall–Kier alpha value is -2.21. The summed E-state index contributed by atoms with van der Waals surface area (Å²) >= 11 is 0. The van der Waals surface area contributed by atoms with Crippen LogP contribution in [-0.2, 0) is 4.74 Å². The fraction of sp³-hybridized carbons (Fsp3) is 0.357. The number of aryl methyl sites for hydroxylation is 1. The zero-order valence-electron chi connectivity index (χ0n) is 11.0. The number of hydrogen-bond donors (Lipinski definition) is 0. The van der Waals surface area contributed by atoms with E-state index in [0.29, 0.717) is 24.2 Å². The first kappa shape index (κ1) is 11.6. The maximum Gasteiger partial charge on any atom is 0.258 e. The van der Waals surface area contributed by atoms with Crippen LogP contribution in [0.25, 0.3) is 22.6 Å². The first-order valence-electron chi connectivity index (χ1n) is 6.58. The third-order valence-electron chi connectivity index (χ3n) is 3.48. The van der Waals surface area contributed by atoms with Crippen molar-refractivity contribution in [3.05, 3.63) is 29.9 Å². The maximum atomic E-state index is 5.52. The number of ether oxygens (including phenoxy) is 1. The third-order valence-corrected chi connectivity index (χ3v) is 3.48. The van der Waals surface area contributed by atoms with E-state index in [1.807, 2.05) is 25.1 Å². The van der Waals surface area contributed by atoms with Gasteiger partial charge < -0.3 is 13.7 Å². The molecule has 6 heteroatoms. The molecule has 0 radical (unpaired) electrons. The molecule has 1 aromatic carbocycles. The Balaban J connectivity index is 1.71. The Labute approximate surface area is 114 Å². The molecule has 1 atom stereocenters. The molecule has 1 aliphatic heterocycles. The van der Waals surface area contributed by atoms with Gasteiger partial charge in [0.2, 0.25) is 0 Å². The molecule has 4 rings (SSSR count). The van der Waals surface area contributed by atoms with Crippen LogP contribution >= 0.6 is 0 Å². The SMILES string of the molecule is Cc1nc2ccc(-c3nc([C@H]4CCOC4)no3)cc2o1. The molecular formula is C14H13N3O3. The third kappa shape index (κ3) is 1.89. The average Bonchev–Trinajstić information content (AvgIpc) is 3.17. The van der Waals surface area contributed by atoms with Crippen LogP contribution < -0.4 is 0 Å². The Morgan fingerprint density at radius 2 is 2.20 bits per heavy atom. The maximum absolute atomic E-state index is 5.52. The lowest BCUT2D eigenvalue weighted by molar-refractivity contribution is 0.192. The summed E-state index contributed by atoms with van der Waals surface area (Å²) < 4.78 is 16.2. The van der Waals surface area contributed by atoms with Gasteiger partial charge in [-0.25, -0.2) is 4.98 Å². The van der Waals surface area contributed by atoms with Crippen molar-refractivity contribution in [3.8, 4) is 11.5 Å². The van der Waals surface area contributed by atoms with Crippen LogP contribution in [0.3, 0.4) is 0 Å². The highest BCUT2D eigenvalue weighted by Gasteiger charge is 2.23. The van der Waals surface area contributed by atoms with Gasteiger partial charge in [-0.1, -0.05) is 5.16 Å². The summed E-state index contributed by atoms with van der Waals surface area (Å²) in [5, 5.41) is 4.05. The molecule has 0 aliphatic carbocycles. The van der Waals surface area contributed by atoms with Crippen LogP contribution in [-0.4, -0.2) is 28.3 Å². The lowest BCUT2D eigenvalue weighted by atomic mass is 10.1. The van der Waals surface area contributed by atoms with E-state index in [1.165, 1.54) is 0 Å². The molecule has 102 valence electrons. The van der Waals surface area contributed by atoms with Crippen molar-refractivity contribution in [2.24, 2.45) is 0 Å². The zero-order valence-corrected chi connectivity index (χ0v) is 11.0. The summed E-state index contributed by atoms with van der Waals surface area (Å²) in [5.41, 5.74) is 2.39. The number of benzene rings is 1. The van der Waals surface area contributed by atoms with E-state index in [0.717, 1.165) is 29.7 Å². The predicted octanol–water partition coefficient (Wildman–Crippen LogP) is 2.69. The fourth-order valence-corrected chi connectivity index (χ4v) is 2.43. The van der Waals surface area contributed by atoms with Crippen LogP contribution in [0.15, 0.2) is 27.1 Å². The van der Waals surface area contributed by atoms with Crippen molar-refractivity contribution in [1.29, 1.82) is 0 Å². The minimum Gasteiger partial charge on any atom is -0.441 e. The van der Waals surface area contributed by atoms with E-state index in [2.05, 4.69) is 15.1 Å². The Morgan fingerprint density at radius 1 is 1.25 bits per heavy atom. The fourth-order valence-electron chi connectivity index (χ4n) is 2.43. The molecule has 0 unspecified atom stereocenters. The predicted molar refractivity (Wildman–Crippen MR) is 70.2 cm³/mol. The normalized spacial score (nSPS) is 18.9. The van der Waals surface area contributed by atoms with Gasteiger partial charge in [0.05, 0.1) is 6.61 Å². The first-order valence-corrected chi connectivity index (χ1v) is 6.58. The van der Waals surface area contributed by atoms with Crippen molar-refractivity contribution < 1.29 is 13.7 Å². The van der Waals surface area contributed by atoms with Crippen LogP contribution in [0, 0.1) is 6.92 Å². The molecule has 0 saturated carbocycles. The monoisotopic (exact) mass is 271 g/mol. The summed E-state index contributed by atoms with van der Waals surface area (Å²) in [6.07, 6.45) is 0.944. The van der Waals surface area contributed by atoms with E-state index in [1.54, 1.807) is 0 Å². The summed E-state index contributed by atoms with van der Waals surface area (Å²) in [4.78, 5) is 8.72. The van der Waals surface area contributed by atoms with E-state index in [4.69, 9.17) is 13.7 Å². The van der Waals surface area contributed by atoms with Crippen molar-refractivity contribution in [2.75, 3.05) is 13.2 Å². The molecular weight excluding hydrogens is 258 g/mol. The Morgan fingerprint density at radius 3 is 3.05 bits per heavy atom. The summed E-state index contributed by atoms with van der Waals surface area (Å²) in [6, 6.07) is 5.67. The molecule has 3 aromatic rings. The molecule has 1 fully saturated rings. The quantitative estimate of drug-likeness (QED) is 0.713. The minimum atomic E-state index is 0.240. The number of nitrogens with zero attached hydrogens (tertiary/aromatic N) is 3. The van der Waals surface area contributed by atoms with Crippen molar-refractivity contribution in [3.63, 3.8) is 0 Å². The number of aromatic nitrogens is 3. The molecule has 0 amide bonds. The Kier molecular flexibility index (Phi) is 2.56. The second-order valence-corrected chi connectivity index (χ2v) is 4.93. The van der Waals surface area contributed by atoms with Crippen molar-refractivity contribution in [2.45, 2.75) is 19.3 Å². The standard InChI is InChI=1S/C14H13N3O3/c1-8-15-11-3-2-9(6-12(11)19-8)14-16-13(17-20-14)10-4-5-18-7-10/h2-3,6,10H,4-5,7H2,1H3/t10-/m0/s1. The number of hydrogen-bond acceptors (Lipinski definition) is 6. The van der Waals surface area contributed by atoms with E-state index in [-0.39, 0.29) is 5.92 Å². The van der Waals surface area contributed by atoms with E-state index < -0.39 is 0 Å². The van der Waals surface area contributed by atoms with Crippen LogP contribution in [0.5, 0.6) is 0 Å². The van der Waals surface area contributed by atoms with Gasteiger partial charge in [-0.2, -0.15) is 4.98 Å². The van der Waals surface area contributed by atoms with Gasteiger partial charge in [-0.3, -0.25) is 0 Å². The molecule has 1 saturated heterocycles. The second kappa shape index (κ2) is 4.42. The highest BCUT2D eigenvalue weighted by molar-refractivity contribution is 5.78. The van der Waals surface area contributed by atoms with Crippen LogP contribution in [0.1, 0.15) is 24.1 Å². The lowest BCUT2D eigenvalue weighted by Gasteiger charge is -1.97. The molecule has 6 nitrogen and oxygen atoms in total. The highest BCUT2D eigenvalue weighted by Crippen LogP contribution is 2.27. The first-order chi connectivity index (χ1) is 9.79. The van der Waals surface area contributed by atoms with Gasteiger partial charge in [0.1, 0.15) is 5.52 Å². The lowest BCUT2D eigenvalue weighted by Crippen LogP contribution is -1.99. The van der Waals surface area contributed by atoms with Gasteiger partial charge in [0, 0.05) is 25.0 Å². The van der Waals surface area contributed by atoms with Gasteiger partial charge in [0.25, 0.3) is 5.89 Å². The average molecular weight is 271 g/mol. The zero-order chi connectivity index (χ0) is 13.5. The Bertz CT molecular complexity index is 756. The number of fused-ring (bicyclic) bond motifs is 1. The van der Waals surface area contributed by atoms with Crippen molar-refractivity contribution >= 4 is 11.1 Å². The summed E-state index contributed by atoms with van der Waals surface area (Å²) in [5.74, 6) is 2.10. The molecule has 0 spiro atoms. The molecule has 2 aromatic heterocycles. The molecule has 3 heterocycles. The minimum absolute atomic E-state index is 0.240. The van der Waals surface area contributed by atoms with Gasteiger partial charge in [0.15, 0.2) is 17.3 Å². The smallest absolute Gasteiger partial charge is 0.258 e. The largest absolute Gasteiger partial charge is 0.441 e. The van der Waals surface area contributed by atoms with E-state index in [9.17, 15) is 0 Å².